The zero-order valence-corrected chi connectivity index (χ0v) is 12.2. The van der Waals surface area contributed by atoms with E-state index < -0.39 is 0 Å². The number of nitrogens with zero attached hydrogens (tertiary/aromatic N) is 2. The standard InChI is InChI=1S/C13H12N4O3S/c1-19-7-3-4-10(20-2)9(5-7)17-11-8(6-14-17)12(18)16-13(21)15-11/h3-6H,1-2H3,(H2,15,16,18,21). The van der Waals surface area contributed by atoms with Crippen LogP contribution < -0.4 is 15.0 Å². The summed E-state index contributed by atoms with van der Waals surface area (Å²) in [6.45, 7) is 0. The van der Waals surface area contributed by atoms with Gasteiger partial charge in [0.2, 0.25) is 0 Å². The first-order valence-corrected chi connectivity index (χ1v) is 6.47. The van der Waals surface area contributed by atoms with Crippen molar-refractivity contribution in [1.29, 1.82) is 0 Å². The molecule has 8 heteroatoms. The van der Waals surface area contributed by atoms with Crippen molar-refractivity contribution in [2.45, 2.75) is 0 Å². The first-order valence-electron chi connectivity index (χ1n) is 6.07. The summed E-state index contributed by atoms with van der Waals surface area (Å²) < 4.78 is 12.3. The maximum absolute atomic E-state index is 11.9. The SMILES string of the molecule is COc1ccc(OC)c(-n2ncc3c(=O)[nH]c(=S)[nH]c32)c1. The number of rotatable bonds is 3. The number of H-pyrrole nitrogens is 2. The van der Waals surface area contributed by atoms with Crippen molar-refractivity contribution in [1.82, 2.24) is 19.7 Å². The average molecular weight is 304 g/mol. The van der Waals surface area contributed by atoms with E-state index in [4.69, 9.17) is 21.7 Å². The molecule has 2 heterocycles. The fraction of sp³-hybridized carbons (Fsp3) is 0.154. The quantitative estimate of drug-likeness (QED) is 0.721. The predicted molar refractivity (Wildman–Crippen MR) is 80.0 cm³/mol. The van der Waals surface area contributed by atoms with Gasteiger partial charge in [0.15, 0.2) is 4.77 Å². The number of hydrogen-bond acceptors (Lipinski definition) is 5. The molecule has 0 amide bonds. The van der Waals surface area contributed by atoms with Crippen molar-refractivity contribution in [3.05, 3.63) is 39.5 Å². The van der Waals surface area contributed by atoms with Gasteiger partial charge < -0.3 is 14.5 Å². The zero-order chi connectivity index (χ0) is 15.0. The topological polar surface area (TPSA) is 84.9 Å². The fourth-order valence-corrected chi connectivity index (χ4v) is 2.28. The molecule has 2 N–H and O–H groups in total. The molecule has 3 rings (SSSR count). The summed E-state index contributed by atoms with van der Waals surface area (Å²) in [6.07, 6.45) is 1.47. The second-order valence-electron chi connectivity index (χ2n) is 4.26. The minimum absolute atomic E-state index is 0.233. The minimum Gasteiger partial charge on any atom is -0.497 e. The number of aromatic amines is 2. The summed E-state index contributed by atoms with van der Waals surface area (Å²) in [5.74, 6) is 1.25. The van der Waals surface area contributed by atoms with E-state index >= 15 is 0 Å². The molecule has 1 aromatic carbocycles. The highest BCUT2D eigenvalue weighted by Gasteiger charge is 2.13. The molecule has 0 saturated carbocycles. The molecule has 0 aliphatic carbocycles. The van der Waals surface area contributed by atoms with Crippen molar-refractivity contribution in [3.63, 3.8) is 0 Å². The molecule has 21 heavy (non-hydrogen) atoms. The Kier molecular flexibility index (Phi) is 3.22. The van der Waals surface area contributed by atoms with Gasteiger partial charge in [0.25, 0.3) is 5.56 Å². The van der Waals surface area contributed by atoms with Gasteiger partial charge in [-0.2, -0.15) is 5.10 Å². The number of nitrogens with one attached hydrogen (secondary N) is 2. The maximum Gasteiger partial charge on any atom is 0.262 e. The van der Waals surface area contributed by atoms with Crippen molar-refractivity contribution in [2.75, 3.05) is 14.2 Å². The van der Waals surface area contributed by atoms with Gasteiger partial charge in [-0.25, -0.2) is 4.68 Å². The van der Waals surface area contributed by atoms with E-state index in [1.54, 1.807) is 37.1 Å². The van der Waals surface area contributed by atoms with Gasteiger partial charge in [-0.15, -0.1) is 0 Å². The Morgan fingerprint density at radius 3 is 2.76 bits per heavy atom. The maximum atomic E-state index is 11.9. The van der Waals surface area contributed by atoms with Crippen LogP contribution in [0.2, 0.25) is 0 Å². The van der Waals surface area contributed by atoms with Crippen molar-refractivity contribution in [3.8, 4) is 17.2 Å². The van der Waals surface area contributed by atoms with E-state index in [1.807, 2.05) is 0 Å². The fourth-order valence-electron chi connectivity index (χ4n) is 2.09. The van der Waals surface area contributed by atoms with Gasteiger partial charge >= 0.3 is 0 Å². The highest BCUT2D eigenvalue weighted by Crippen LogP contribution is 2.28. The first-order chi connectivity index (χ1) is 10.1. The Morgan fingerprint density at radius 2 is 2.05 bits per heavy atom. The number of aromatic nitrogens is 4. The first kappa shape index (κ1) is 13.4. The number of methoxy groups -OCH3 is 2. The van der Waals surface area contributed by atoms with E-state index in [1.165, 1.54) is 6.20 Å². The van der Waals surface area contributed by atoms with Crippen LogP contribution in [0.25, 0.3) is 16.7 Å². The number of ether oxygens (including phenoxy) is 2. The second kappa shape index (κ2) is 5.06. The Balaban J connectivity index is 2.35. The van der Waals surface area contributed by atoms with Crippen LogP contribution in [0.5, 0.6) is 11.5 Å². The summed E-state index contributed by atoms with van der Waals surface area (Å²) in [4.78, 5) is 17.3. The smallest absolute Gasteiger partial charge is 0.262 e. The molecule has 2 aromatic heterocycles. The molecule has 0 aliphatic heterocycles. The van der Waals surface area contributed by atoms with Crippen LogP contribution in [0.3, 0.4) is 0 Å². The number of fused-ring (bicyclic) bond motifs is 1. The lowest BCUT2D eigenvalue weighted by atomic mass is 10.2. The van der Waals surface area contributed by atoms with E-state index in [-0.39, 0.29) is 10.3 Å². The summed E-state index contributed by atoms with van der Waals surface area (Å²) >= 11 is 5.00. The van der Waals surface area contributed by atoms with Gasteiger partial charge in [0.1, 0.15) is 28.2 Å². The monoisotopic (exact) mass is 304 g/mol. The molecule has 0 fully saturated rings. The Hall–Kier alpha value is -2.61. The Bertz CT molecular complexity index is 925. The van der Waals surface area contributed by atoms with Gasteiger partial charge in [-0.1, -0.05) is 0 Å². The largest absolute Gasteiger partial charge is 0.497 e. The molecule has 0 aliphatic rings. The van der Waals surface area contributed by atoms with E-state index in [2.05, 4.69) is 15.1 Å². The highest BCUT2D eigenvalue weighted by molar-refractivity contribution is 7.71. The van der Waals surface area contributed by atoms with Crippen LogP contribution in [-0.4, -0.2) is 34.0 Å². The molecule has 0 spiro atoms. The van der Waals surface area contributed by atoms with Crippen molar-refractivity contribution >= 4 is 23.3 Å². The number of hydrogen-bond donors (Lipinski definition) is 2. The van der Waals surface area contributed by atoms with E-state index in [0.717, 1.165) is 0 Å². The molecule has 3 aromatic rings. The average Bonchev–Trinajstić information content (AvgIpc) is 2.90. The van der Waals surface area contributed by atoms with Gasteiger partial charge in [-0.05, 0) is 24.4 Å². The molecule has 0 unspecified atom stereocenters. The lowest BCUT2D eigenvalue weighted by Gasteiger charge is -2.11. The van der Waals surface area contributed by atoms with Crippen molar-refractivity contribution < 1.29 is 9.47 Å². The van der Waals surface area contributed by atoms with Crippen LogP contribution in [0.4, 0.5) is 0 Å². The summed E-state index contributed by atoms with van der Waals surface area (Å²) in [5, 5.41) is 4.65. The zero-order valence-electron chi connectivity index (χ0n) is 11.3. The summed E-state index contributed by atoms with van der Waals surface area (Å²) in [7, 11) is 3.14. The van der Waals surface area contributed by atoms with Crippen LogP contribution >= 0.6 is 12.2 Å². The molecule has 0 saturated heterocycles. The van der Waals surface area contributed by atoms with Gasteiger partial charge in [-0.3, -0.25) is 9.78 Å². The summed E-state index contributed by atoms with van der Waals surface area (Å²) in [5.41, 5.74) is 0.847. The third-order valence-corrected chi connectivity index (χ3v) is 3.29. The third kappa shape index (κ3) is 2.19. The van der Waals surface area contributed by atoms with E-state index in [9.17, 15) is 4.79 Å². The van der Waals surface area contributed by atoms with Crippen LogP contribution in [0.15, 0.2) is 29.2 Å². The van der Waals surface area contributed by atoms with Crippen LogP contribution in [0, 0.1) is 4.77 Å². The lowest BCUT2D eigenvalue weighted by molar-refractivity contribution is 0.401. The van der Waals surface area contributed by atoms with Gasteiger partial charge in [0, 0.05) is 6.07 Å². The molecule has 108 valence electrons. The molecule has 0 atom stereocenters. The summed E-state index contributed by atoms with van der Waals surface area (Å²) in [6, 6.07) is 5.32. The van der Waals surface area contributed by atoms with Crippen LogP contribution in [-0.2, 0) is 0 Å². The molecular weight excluding hydrogens is 292 g/mol. The molecular formula is C13H12N4O3S. The minimum atomic E-state index is -0.290. The lowest BCUT2D eigenvalue weighted by Crippen LogP contribution is -2.08. The van der Waals surface area contributed by atoms with Gasteiger partial charge in [0.05, 0.1) is 20.4 Å². The predicted octanol–water partition coefficient (Wildman–Crippen LogP) is 1.79. The van der Waals surface area contributed by atoms with Crippen molar-refractivity contribution in [2.24, 2.45) is 0 Å². The second-order valence-corrected chi connectivity index (χ2v) is 4.67. The molecule has 0 radical (unpaired) electrons. The molecule has 0 bridgehead atoms. The van der Waals surface area contributed by atoms with Crippen LogP contribution in [0.1, 0.15) is 0 Å². The normalized spacial score (nSPS) is 10.8. The third-order valence-electron chi connectivity index (χ3n) is 3.09. The highest BCUT2D eigenvalue weighted by atomic mass is 32.1. The molecule has 7 nitrogen and oxygen atoms in total. The Labute approximate surface area is 124 Å². The Morgan fingerprint density at radius 1 is 1.24 bits per heavy atom. The number of benzene rings is 1. The van der Waals surface area contributed by atoms with E-state index in [0.29, 0.717) is 28.2 Å².